The fraction of sp³-hybridized carbons (Fsp3) is 0.429. The van der Waals surface area contributed by atoms with Crippen LogP contribution in [0.15, 0.2) is 48.5 Å². The first-order valence-electron chi connectivity index (χ1n) is 8.28. The van der Waals surface area contributed by atoms with Crippen molar-refractivity contribution >= 4 is 19.8 Å². The van der Waals surface area contributed by atoms with Crippen LogP contribution in [0, 0.1) is 7.14 Å². The molecule has 0 fully saturated rings. The monoisotopic (exact) mass is 462 g/mol. The zero-order chi connectivity index (χ0) is 19.0. The number of halogens is 4. The Bertz CT molecular complexity index is 642. The molecule has 0 heterocycles. The standard InChI is InChI=1S/C21H26F3I/c1-19(2,3)15-7-11-17(12-8-15)25(21(22,23)24)18-13-9-16(10-14-18)20(4,5)6/h7-14H,1-6H3. The van der Waals surface area contributed by atoms with E-state index in [2.05, 4.69) is 41.5 Å². The average molecular weight is 462 g/mol. The van der Waals surface area contributed by atoms with Crippen LogP contribution in [0.3, 0.4) is 0 Å². The Balaban J connectivity index is 2.44. The third-order valence-corrected chi connectivity index (χ3v) is 9.22. The third kappa shape index (κ3) is 4.99. The van der Waals surface area contributed by atoms with Gasteiger partial charge in [0.05, 0.1) is 0 Å². The summed E-state index contributed by atoms with van der Waals surface area (Å²) in [7, 11) is 0. The quantitative estimate of drug-likeness (QED) is 0.324. The van der Waals surface area contributed by atoms with Gasteiger partial charge in [-0.1, -0.05) is 0 Å². The summed E-state index contributed by atoms with van der Waals surface area (Å²) in [4.78, 5) is 0. The molecule has 138 valence electrons. The molecule has 0 amide bonds. The number of hydrogen-bond donors (Lipinski definition) is 0. The summed E-state index contributed by atoms with van der Waals surface area (Å²) >= 11 is -3.50. The van der Waals surface area contributed by atoms with Gasteiger partial charge < -0.3 is 0 Å². The molecule has 0 N–H and O–H groups in total. The molecule has 0 saturated carbocycles. The first-order valence-corrected chi connectivity index (χ1v) is 11.5. The van der Waals surface area contributed by atoms with E-state index in [1.54, 1.807) is 24.3 Å². The van der Waals surface area contributed by atoms with Gasteiger partial charge in [0, 0.05) is 0 Å². The van der Waals surface area contributed by atoms with Crippen molar-refractivity contribution in [3.8, 4) is 0 Å². The maximum absolute atomic E-state index is 13.8. The second kappa shape index (κ2) is 6.93. The Labute approximate surface area is 156 Å². The van der Waals surface area contributed by atoms with Gasteiger partial charge in [-0.3, -0.25) is 0 Å². The van der Waals surface area contributed by atoms with Gasteiger partial charge in [0.15, 0.2) is 0 Å². The van der Waals surface area contributed by atoms with Crippen LogP contribution in [0.25, 0.3) is 0 Å². The number of alkyl halides is 4. The van der Waals surface area contributed by atoms with E-state index in [9.17, 15) is 13.2 Å². The van der Waals surface area contributed by atoms with Crippen molar-refractivity contribution < 1.29 is 13.2 Å². The summed E-state index contributed by atoms with van der Waals surface area (Å²) in [6, 6.07) is 14.1. The number of rotatable bonds is 2. The van der Waals surface area contributed by atoms with Gasteiger partial charge in [0.25, 0.3) is 0 Å². The van der Waals surface area contributed by atoms with E-state index >= 15 is 0 Å². The molecule has 2 aromatic rings. The molecule has 2 rings (SSSR count). The first-order chi connectivity index (χ1) is 11.3. The molecule has 0 aliphatic heterocycles. The molecular formula is C21H26F3I. The summed E-state index contributed by atoms with van der Waals surface area (Å²) in [5.41, 5.74) is 1.98. The van der Waals surface area contributed by atoms with E-state index in [1.165, 1.54) is 0 Å². The van der Waals surface area contributed by atoms with Crippen LogP contribution in [0.5, 0.6) is 0 Å². The first kappa shape index (κ1) is 20.3. The second-order valence-corrected chi connectivity index (χ2v) is 13.6. The maximum atomic E-state index is 13.8. The van der Waals surface area contributed by atoms with Gasteiger partial charge in [0.1, 0.15) is 0 Å². The zero-order valence-electron chi connectivity index (χ0n) is 15.6. The predicted molar refractivity (Wildman–Crippen MR) is 108 cm³/mol. The Kier molecular flexibility index (Phi) is 5.62. The molecule has 25 heavy (non-hydrogen) atoms. The summed E-state index contributed by atoms with van der Waals surface area (Å²) in [5.74, 6) is 0. The summed E-state index contributed by atoms with van der Waals surface area (Å²) in [6.07, 6.45) is 0. The molecule has 2 aromatic carbocycles. The molecule has 0 aromatic heterocycles. The van der Waals surface area contributed by atoms with E-state index in [1.807, 2.05) is 24.3 Å². The fourth-order valence-electron chi connectivity index (χ4n) is 2.53. The molecule has 0 bridgehead atoms. The van der Waals surface area contributed by atoms with Crippen LogP contribution < -0.4 is 0 Å². The van der Waals surface area contributed by atoms with Crippen molar-refractivity contribution in [2.45, 2.75) is 56.6 Å². The fourth-order valence-corrected chi connectivity index (χ4v) is 6.81. The Morgan fingerprint density at radius 1 is 0.560 bits per heavy atom. The van der Waals surface area contributed by atoms with Gasteiger partial charge in [-0.15, -0.1) is 0 Å². The van der Waals surface area contributed by atoms with Crippen LogP contribution in [-0.2, 0) is 10.8 Å². The molecule has 0 spiro atoms. The molecular weight excluding hydrogens is 436 g/mol. The average Bonchev–Trinajstić information content (AvgIpc) is 2.45. The van der Waals surface area contributed by atoms with Crippen molar-refractivity contribution in [2.24, 2.45) is 0 Å². The molecule has 0 nitrogen and oxygen atoms in total. The topological polar surface area (TPSA) is 0 Å². The minimum absolute atomic E-state index is 0.0653. The molecule has 0 unspecified atom stereocenters. The van der Waals surface area contributed by atoms with Crippen molar-refractivity contribution in [3.63, 3.8) is 0 Å². The van der Waals surface area contributed by atoms with Crippen molar-refractivity contribution in [2.75, 3.05) is 0 Å². The van der Waals surface area contributed by atoms with Crippen LogP contribution in [0.2, 0.25) is 0 Å². The normalized spacial score (nSPS) is 13.7. The van der Waals surface area contributed by atoms with Gasteiger partial charge >= 0.3 is 156 Å². The minimum atomic E-state index is -4.17. The van der Waals surface area contributed by atoms with E-state index in [0.717, 1.165) is 11.1 Å². The Morgan fingerprint density at radius 2 is 0.840 bits per heavy atom. The summed E-state index contributed by atoms with van der Waals surface area (Å²) < 4.78 is 38.2. The van der Waals surface area contributed by atoms with E-state index in [4.69, 9.17) is 0 Å². The molecule has 0 aliphatic carbocycles. The molecule has 0 atom stereocenters. The van der Waals surface area contributed by atoms with Crippen LogP contribution >= 0.6 is 19.8 Å². The molecule has 4 heteroatoms. The van der Waals surface area contributed by atoms with Gasteiger partial charge in [0.2, 0.25) is 0 Å². The van der Waals surface area contributed by atoms with Gasteiger partial charge in [-0.2, -0.15) is 0 Å². The molecule has 0 radical (unpaired) electrons. The van der Waals surface area contributed by atoms with Gasteiger partial charge in [-0.25, -0.2) is 0 Å². The van der Waals surface area contributed by atoms with E-state index in [-0.39, 0.29) is 10.8 Å². The van der Waals surface area contributed by atoms with Crippen molar-refractivity contribution in [1.29, 1.82) is 0 Å². The van der Waals surface area contributed by atoms with Crippen LogP contribution in [0.4, 0.5) is 13.2 Å². The Hall–Kier alpha value is -1.04. The van der Waals surface area contributed by atoms with E-state index in [0.29, 0.717) is 7.14 Å². The third-order valence-electron chi connectivity index (χ3n) is 4.07. The molecule has 0 aliphatic rings. The zero-order valence-corrected chi connectivity index (χ0v) is 17.8. The SMILES string of the molecule is CC(C)(C)c1ccc(I(c2ccc(C(C)(C)C)cc2)C(F)(F)F)cc1. The van der Waals surface area contributed by atoms with Crippen LogP contribution in [0.1, 0.15) is 52.7 Å². The van der Waals surface area contributed by atoms with Crippen LogP contribution in [-0.4, -0.2) is 4.18 Å². The summed E-state index contributed by atoms with van der Waals surface area (Å²) in [5, 5.41) is 0. The number of hydrogen-bond acceptors (Lipinski definition) is 0. The summed E-state index contributed by atoms with van der Waals surface area (Å²) in [6.45, 7) is 12.4. The second-order valence-electron chi connectivity index (χ2n) is 8.23. The van der Waals surface area contributed by atoms with Gasteiger partial charge in [-0.05, 0) is 0 Å². The number of benzene rings is 2. The van der Waals surface area contributed by atoms with Crippen molar-refractivity contribution in [3.05, 3.63) is 66.8 Å². The predicted octanol–water partition coefficient (Wildman–Crippen LogP) is 7.35. The Morgan fingerprint density at radius 3 is 1.04 bits per heavy atom. The van der Waals surface area contributed by atoms with Crippen molar-refractivity contribution in [1.82, 2.24) is 0 Å². The molecule has 0 saturated heterocycles. The van der Waals surface area contributed by atoms with E-state index < -0.39 is 24.0 Å².